The highest BCUT2D eigenvalue weighted by molar-refractivity contribution is 5.79. The average molecular weight is 247 g/mol. The number of para-hydroxylation sites is 1. The van der Waals surface area contributed by atoms with Crippen LogP contribution in [0.5, 0.6) is 5.75 Å². The molecular formula is C15H21NO2. The predicted octanol–water partition coefficient (Wildman–Crippen LogP) is 2.73. The number of benzene rings is 1. The number of rotatable bonds is 2. The number of nitrogens with zero attached hydrogens (tertiary/aromatic N) is 1. The minimum atomic E-state index is 0.137. The van der Waals surface area contributed by atoms with Gasteiger partial charge in [-0.2, -0.15) is 0 Å². The molecule has 1 aromatic carbocycles. The molecule has 1 aliphatic heterocycles. The first-order valence-corrected chi connectivity index (χ1v) is 6.82. The van der Waals surface area contributed by atoms with Gasteiger partial charge in [0, 0.05) is 18.7 Å². The molecule has 2 rings (SSSR count). The van der Waals surface area contributed by atoms with Crippen molar-refractivity contribution in [2.75, 3.05) is 13.1 Å². The quantitative estimate of drug-likeness (QED) is 0.873. The van der Waals surface area contributed by atoms with Crippen molar-refractivity contribution in [1.29, 1.82) is 0 Å². The monoisotopic (exact) mass is 247 g/mol. The summed E-state index contributed by atoms with van der Waals surface area (Å²) < 4.78 is 0. The molecule has 1 aliphatic rings. The molecule has 0 aromatic heterocycles. The van der Waals surface area contributed by atoms with Crippen molar-refractivity contribution in [2.24, 2.45) is 0 Å². The van der Waals surface area contributed by atoms with E-state index in [9.17, 15) is 9.90 Å². The number of aromatic hydroxyl groups is 1. The first kappa shape index (κ1) is 12.9. The second-order valence-electron chi connectivity index (χ2n) is 4.95. The molecule has 1 heterocycles. The van der Waals surface area contributed by atoms with Crippen LogP contribution in [-0.2, 0) is 11.2 Å². The maximum Gasteiger partial charge on any atom is 0.227 e. The van der Waals surface area contributed by atoms with Gasteiger partial charge >= 0.3 is 0 Å². The molecule has 0 bridgehead atoms. The summed E-state index contributed by atoms with van der Waals surface area (Å²) in [7, 11) is 0. The number of amides is 1. The van der Waals surface area contributed by atoms with Crippen LogP contribution < -0.4 is 0 Å². The maximum atomic E-state index is 12.2. The molecule has 0 aliphatic carbocycles. The maximum absolute atomic E-state index is 12.2. The highest BCUT2D eigenvalue weighted by Gasteiger charge is 2.16. The van der Waals surface area contributed by atoms with E-state index in [1.54, 1.807) is 12.1 Å². The molecule has 98 valence electrons. The fraction of sp³-hybridized carbons (Fsp3) is 0.533. The van der Waals surface area contributed by atoms with E-state index < -0.39 is 0 Å². The van der Waals surface area contributed by atoms with E-state index in [-0.39, 0.29) is 11.7 Å². The van der Waals surface area contributed by atoms with Gasteiger partial charge in [-0.05, 0) is 18.9 Å². The van der Waals surface area contributed by atoms with E-state index in [4.69, 9.17) is 0 Å². The fourth-order valence-corrected chi connectivity index (χ4v) is 2.43. The van der Waals surface area contributed by atoms with Gasteiger partial charge in [-0.25, -0.2) is 0 Å². The number of phenols is 1. The van der Waals surface area contributed by atoms with Crippen molar-refractivity contribution >= 4 is 5.91 Å². The lowest BCUT2D eigenvalue weighted by atomic mass is 10.1. The number of phenolic OH excluding ortho intramolecular Hbond substituents is 1. The van der Waals surface area contributed by atoms with E-state index in [1.165, 1.54) is 19.3 Å². The standard InChI is InChI=1S/C15H21NO2/c17-14-9-5-4-8-13(14)12-15(18)16-10-6-2-1-3-7-11-16/h4-5,8-9,17H,1-3,6-7,10-12H2. The Balaban J connectivity index is 1.96. The van der Waals surface area contributed by atoms with E-state index in [0.29, 0.717) is 6.42 Å². The van der Waals surface area contributed by atoms with Crippen molar-refractivity contribution in [2.45, 2.75) is 38.5 Å². The lowest BCUT2D eigenvalue weighted by molar-refractivity contribution is -0.130. The Morgan fingerprint density at radius 3 is 2.33 bits per heavy atom. The highest BCUT2D eigenvalue weighted by atomic mass is 16.3. The molecule has 0 unspecified atom stereocenters. The number of hydrogen-bond acceptors (Lipinski definition) is 2. The Bertz CT molecular complexity index is 395. The molecule has 0 radical (unpaired) electrons. The van der Waals surface area contributed by atoms with Gasteiger partial charge in [0.1, 0.15) is 5.75 Å². The fourth-order valence-electron chi connectivity index (χ4n) is 2.43. The van der Waals surface area contributed by atoms with Crippen LogP contribution in [0.4, 0.5) is 0 Å². The summed E-state index contributed by atoms with van der Waals surface area (Å²) >= 11 is 0. The summed E-state index contributed by atoms with van der Waals surface area (Å²) in [4.78, 5) is 14.1. The third-order valence-corrected chi connectivity index (χ3v) is 3.54. The molecule has 1 saturated heterocycles. The first-order valence-electron chi connectivity index (χ1n) is 6.82. The third kappa shape index (κ3) is 3.49. The Hall–Kier alpha value is -1.51. The Kier molecular flexibility index (Phi) is 4.62. The zero-order valence-corrected chi connectivity index (χ0v) is 10.8. The summed E-state index contributed by atoms with van der Waals surface area (Å²) in [5.74, 6) is 0.358. The zero-order chi connectivity index (χ0) is 12.8. The SMILES string of the molecule is O=C(Cc1ccccc1O)N1CCCCCCC1. The van der Waals surface area contributed by atoms with Gasteiger partial charge in [-0.3, -0.25) is 4.79 Å². The number of likely N-dealkylation sites (tertiary alicyclic amines) is 1. The molecule has 0 saturated carbocycles. The molecule has 0 atom stereocenters. The number of carbonyl (C=O) groups excluding carboxylic acids is 1. The van der Waals surface area contributed by atoms with E-state index in [1.807, 2.05) is 17.0 Å². The minimum absolute atomic E-state index is 0.137. The summed E-state index contributed by atoms with van der Waals surface area (Å²) in [6, 6.07) is 7.09. The van der Waals surface area contributed by atoms with Crippen LogP contribution in [0.3, 0.4) is 0 Å². The van der Waals surface area contributed by atoms with Gasteiger partial charge in [0.25, 0.3) is 0 Å². The van der Waals surface area contributed by atoms with Gasteiger partial charge in [0.15, 0.2) is 0 Å². The molecule has 18 heavy (non-hydrogen) atoms. The van der Waals surface area contributed by atoms with Crippen molar-refractivity contribution in [3.8, 4) is 5.75 Å². The molecule has 3 heteroatoms. The molecule has 1 N–H and O–H groups in total. The summed E-state index contributed by atoms with van der Waals surface area (Å²) in [5, 5.41) is 9.69. The Morgan fingerprint density at radius 1 is 1.06 bits per heavy atom. The first-order chi connectivity index (χ1) is 8.77. The Morgan fingerprint density at radius 2 is 1.67 bits per heavy atom. The zero-order valence-electron chi connectivity index (χ0n) is 10.8. The van der Waals surface area contributed by atoms with Crippen molar-refractivity contribution in [3.63, 3.8) is 0 Å². The largest absolute Gasteiger partial charge is 0.508 e. The molecular weight excluding hydrogens is 226 g/mol. The van der Waals surface area contributed by atoms with Crippen LogP contribution in [0, 0.1) is 0 Å². The van der Waals surface area contributed by atoms with Crippen molar-refractivity contribution in [3.05, 3.63) is 29.8 Å². The minimum Gasteiger partial charge on any atom is -0.508 e. The van der Waals surface area contributed by atoms with Crippen LogP contribution in [0.15, 0.2) is 24.3 Å². The van der Waals surface area contributed by atoms with Gasteiger partial charge < -0.3 is 10.0 Å². The normalized spacial score (nSPS) is 17.0. The van der Waals surface area contributed by atoms with Crippen molar-refractivity contribution in [1.82, 2.24) is 4.90 Å². The van der Waals surface area contributed by atoms with E-state index in [2.05, 4.69) is 0 Å². The van der Waals surface area contributed by atoms with E-state index in [0.717, 1.165) is 31.5 Å². The van der Waals surface area contributed by atoms with Crippen LogP contribution in [-0.4, -0.2) is 29.0 Å². The average Bonchev–Trinajstić information content (AvgIpc) is 2.31. The molecule has 1 fully saturated rings. The second-order valence-corrected chi connectivity index (χ2v) is 4.95. The smallest absolute Gasteiger partial charge is 0.227 e. The van der Waals surface area contributed by atoms with Crippen LogP contribution >= 0.6 is 0 Å². The number of carbonyl (C=O) groups is 1. The topological polar surface area (TPSA) is 40.5 Å². The lowest BCUT2D eigenvalue weighted by Gasteiger charge is -2.25. The van der Waals surface area contributed by atoms with Gasteiger partial charge in [-0.1, -0.05) is 37.5 Å². The summed E-state index contributed by atoms with van der Waals surface area (Å²) in [6.07, 6.45) is 6.26. The predicted molar refractivity (Wildman–Crippen MR) is 71.5 cm³/mol. The summed E-state index contributed by atoms with van der Waals surface area (Å²) in [5.41, 5.74) is 0.726. The van der Waals surface area contributed by atoms with Gasteiger partial charge in [0.05, 0.1) is 6.42 Å². The van der Waals surface area contributed by atoms with Crippen molar-refractivity contribution < 1.29 is 9.90 Å². The summed E-state index contributed by atoms with van der Waals surface area (Å²) in [6.45, 7) is 1.73. The van der Waals surface area contributed by atoms with Crippen LogP contribution in [0.2, 0.25) is 0 Å². The van der Waals surface area contributed by atoms with Gasteiger partial charge in [-0.15, -0.1) is 0 Å². The molecule has 3 nitrogen and oxygen atoms in total. The Labute approximate surface area is 108 Å². The second kappa shape index (κ2) is 6.43. The van der Waals surface area contributed by atoms with Crippen LogP contribution in [0.1, 0.15) is 37.7 Å². The molecule has 0 spiro atoms. The molecule has 1 aromatic rings. The molecule has 1 amide bonds. The van der Waals surface area contributed by atoms with Crippen LogP contribution in [0.25, 0.3) is 0 Å². The highest BCUT2D eigenvalue weighted by Crippen LogP contribution is 2.18. The van der Waals surface area contributed by atoms with Gasteiger partial charge in [0.2, 0.25) is 5.91 Å². The lowest BCUT2D eigenvalue weighted by Crippen LogP contribution is -2.34. The van der Waals surface area contributed by atoms with E-state index >= 15 is 0 Å². The third-order valence-electron chi connectivity index (χ3n) is 3.54. The number of hydrogen-bond donors (Lipinski definition) is 1.